The van der Waals surface area contributed by atoms with Crippen LogP contribution in [0.5, 0.6) is 0 Å². The van der Waals surface area contributed by atoms with E-state index in [1.807, 2.05) is 19.9 Å². The fraction of sp³-hybridized carbons (Fsp3) is 0.300. The van der Waals surface area contributed by atoms with Crippen molar-refractivity contribution in [2.75, 3.05) is 0 Å². The molecule has 0 N–H and O–H groups in total. The van der Waals surface area contributed by atoms with Gasteiger partial charge in [0.15, 0.2) is 0 Å². The predicted molar refractivity (Wildman–Crippen MR) is 45.8 cm³/mol. The molecule has 0 fully saturated rings. The first-order valence-electron chi connectivity index (χ1n) is 3.45. The molecule has 0 aromatic heterocycles. The molecule has 2 rings (SSSR count). The number of benzene rings is 1. The van der Waals surface area contributed by atoms with Gasteiger partial charge in [0, 0.05) is 32.7 Å². The number of hydrogen-bond donors (Lipinski definition) is 0. The van der Waals surface area contributed by atoms with E-state index in [0.717, 1.165) is 0 Å². The molecule has 0 saturated carbocycles. The van der Waals surface area contributed by atoms with Gasteiger partial charge in [-0.1, -0.05) is 20.3 Å². The van der Waals surface area contributed by atoms with Crippen molar-refractivity contribution >= 4 is 0 Å². The van der Waals surface area contributed by atoms with Gasteiger partial charge in [0.25, 0.3) is 0 Å². The van der Waals surface area contributed by atoms with Gasteiger partial charge in [0.1, 0.15) is 0 Å². The molecule has 0 bridgehead atoms. The summed E-state index contributed by atoms with van der Waals surface area (Å²) >= 11 is 0. The molecule has 0 unspecified atom stereocenters. The van der Waals surface area contributed by atoms with Crippen molar-refractivity contribution in [2.24, 2.45) is 0 Å². The molecule has 11 heavy (non-hydrogen) atoms. The van der Waals surface area contributed by atoms with E-state index in [0.29, 0.717) is 0 Å². The number of rotatable bonds is 0. The van der Waals surface area contributed by atoms with Gasteiger partial charge < -0.3 is 7.43 Å². The SMILES string of the molecule is CC.[CH3-].[Y].[c-]1ccc2c(c1)C2. The van der Waals surface area contributed by atoms with Crippen molar-refractivity contribution < 1.29 is 32.7 Å². The third kappa shape index (κ3) is 4.03. The Balaban J connectivity index is 0. The van der Waals surface area contributed by atoms with E-state index in [1.54, 1.807) is 0 Å². The second-order valence-corrected chi connectivity index (χ2v) is 1.87. The van der Waals surface area contributed by atoms with Crippen LogP contribution in [-0.4, -0.2) is 0 Å². The van der Waals surface area contributed by atoms with Crippen LogP contribution in [0.25, 0.3) is 0 Å². The third-order valence-electron chi connectivity index (χ3n) is 1.31. The maximum atomic E-state index is 3.01. The Kier molecular flexibility index (Phi) is 8.83. The molecule has 0 heterocycles. The average Bonchev–Trinajstić information content (AvgIpc) is 2.69. The van der Waals surface area contributed by atoms with Crippen molar-refractivity contribution in [3.63, 3.8) is 0 Å². The molecular weight excluding hydrogens is 209 g/mol. The van der Waals surface area contributed by atoms with Crippen LogP contribution in [0.4, 0.5) is 0 Å². The Morgan fingerprint density at radius 2 is 1.91 bits per heavy atom. The van der Waals surface area contributed by atoms with E-state index < -0.39 is 0 Å². The van der Waals surface area contributed by atoms with E-state index in [9.17, 15) is 0 Å². The molecule has 1 aliphatic rings. The molecule has 1 radical (unpaired) electrons. The first-order chi connectivity index (χ1) is 4.47. The number of fused-ring (bicyclic) bond motifs is 1. The van der Waals surface area contributed by atoms with Gasteiger partial charge in [0.2, 0.25) is 0 Å². The van der Waals surface area contributed by atoms with E-state index in [-0.39, 0.29) is 40.1 Å². The van der Waals surface area contributed by atoms with E-state index in [4.69, 9.17) is 0 Å². The molecule has 0 spiro atoms. The van der Waals surface area contributed by atoms with Crippen LogP contribution in [0.15, 0.2) is 18.2 Å². The van der Waals surface area contributed by atoms with Crippen LogP contribution in [0.2, 0.25) is 0 Å². The van der Waals surface area contributed by atoms with Crippen molar-refractivity contribution in [3.05, 3.63) is 42.8 Å². The van der Waals surface area contributed by atoms with Crippen LogP contribution >= 0.6 is 0 Å². The van der Waals surface area contributed by atoms with Crippen molar-refractivity contribution in [1.82, 2.24) is 0 Å². The molecule has 0 amide bonds. The third-order valence-corrected chi connectivity index (χ3v) is 1.31. The molecule has 0 atom stereocenters. The van der Waals surface area contributed by atoms with Crippen LogP contribution in [0.3, 0.4) is 0 Å². The summed E-state index contributed by atoms with van der Waals surface area (Å²) in [5, 5.41) is 0. The molecule has 1 aromatic carbocycles. The molecule has 0 saturated heterocycles. The summed E-state index contributed by atoms with van der Waals surface area (Å²) in [7, 11) is 0. The first-order valence-corrected chi connectivity index (χ1v) is 3.45. The van der Waals surface area contributed by atoms with E-state index in [1.165, 1.54) is 17.5 Å². The smallest absolute Gasteiger partial charge is 0 e. The molecule has 0 nitrogen and oxygen atoms in total. The maximum Gasteiger partial charge on any atom is 0 e. The van der Waals surface area contributed by atoms with Crippen LogP contribution in [0, 0.1) is 13.5 Å². The van der Waals surface area contributed by atoms with Gasteiger partial charge >= 0.3 is 0 Å². The van der Waals surface area contributed by atoms with Crippen LogP contribution < -0.4 is 0 Å². The van der Waals surface area contributed by atoms with Gasteiger partial charge in [0.05, 0.1) is 0 Å². The number of hydrogen-bond acceptors (Lipinski definition) is 0. The second-order valence-electron chi connectivity index (χ2n) is 1.87. The molecule has 1 aliphatic carbocycles. The normalized spacial score (nSPS) is 8.91. The summed E-state index contributed by atoms with van der Waals surface area (Å²) < 4.78 is 0. The summed E-state index contributed by atoms with van der Waals surface area (Å²) in [5.41, 5.74) is 2.97. The molecule has 0 aliphatic heterocycles. The Morgan fingerprint density at radius 3 is 2.27 bits per heavy atom. The minimum atomic E-state index is 0. The summed E-state index contributed by atoms with van der Waals surface area (Å²) in [6.07, 6.45) is 1.21. The Morgan fingerprint density at radius 1 is 1.27 bits per heavy atom. The maximum absolute atomic E-state index is 3.01. The molecular formula is C10H14Y-2. The molecule has 1 aromatic rings. The zero-order chi connectivity index (χ0) is 6.69. The van der Waals surface area contributed by atoms with Crippen molar-refractivity contribution in [2.45, 2.75) is 20.3 Å². The largest absolute Gasteiger partial charge is 0.358 e. The van der Waals surface area contributed by atoms with Gasteiger partial charge in [-0.2, -0.15) is 35.4 Å². The summed E-state index contributed by atoms with van der Waals surface area (Å²) in [6.45, 7) is 4.00. The van der Waals surface area contributed by atoms with Gasteiger partial charge in [-0.3, -0.25) is 0 Å². The summed E-state index contributed by atoms with van der Waals surface area (Å²) in [6, 6.07) is 9.15. The van der Waals surface area contributed by atoms with Gasteiger partial charge in [-0.25, -0.2) is 0 Å². The van der Waals surface area contributed by atoms with Gasteiger partial charge in [-0.15, -0.1) is 0 Å². The minimum Gasteiger partial charge on any atom is -0.358 e. The first kappa shape index (κ1) is 13.9. The van der Waals surface area contributed by atoms with Crippen molar-refractivity contribution in [3.8, 4) is 0 Å². The quantitative estimate of drug-likeness (QED) is 0.602. The van der Waals surface area contributed by atoms with Crippen LogP contribution in [-0.2, 0) is 39.1 Å². The molecule has 1 heteroatoms. The Hall–Kier alpha value is 0.324. The summed E-state index contributed by atoms with van der Waals surface area (Å²) in [4.78, 5) is 0. The summed E-state index contributed by atoms with van der Waals surface area (Å²) in [5.74, 6) is 0. The molecule has 59 valence electrons. The Bertz CT molecular complexity index is 173. The minimum absolute atomic E-state index is 0. The van der Waals surface area contributed by atoms with Crippen molar-refractivity contribution in [1.29, 1.82) is 0 Å². The zero-order valence-corrected chi connectivity index (χ0v) is 10.4. The van der Waals surface area contributed by atoms with E-state index >= 15 is 0 Å². The van der Waals surface area contributed by atoms with Crippen LogP contribution in [0.1, 0.15) is 25.0 Å². The fourth-order valence-corrected chi connectivity index (χ4v) is 0.768. The predicted octanol–water partition coefficient (Wildman–Crippen LogP) is 2.86. The zero-order valence-electron chi connectivity index (χ0n) is 7.52. The fourth-order valence-electron chi connectivity index (χ4n) is 0.768. The standard InChI is InChI=1S/C7H5.C2H6.CH3.Y/c1-2-4-7-5-6(7)3-1;1-2;;/h1,3-4H,5H2;1-2H3;1H3;/q-1;;-1;. The topological polar surface area (TPSA) is 0 Å². The average molecular weight is 223 g/mol. The van der Waals surface area contributed by atoms with Gasteiger partial charge in [-0.05, 0) is 0 Å². The monoisotopic (exact) mass is 223 g/mol. The van der Waals surface area contributed by atoms with E-state index in [2.05, 4.69) is 18.2 Å². The second kappa shape index (κ2) is 7.00. The Labute approximate surface area is 95.3 Å².